The summed E-state index contributed by atoms with van der Waals surface area (Å²) in [7, 11) is 1.49. The first kappa shape index (κ1) is 77.6. The highest BCUT2D eigenvalue weighted by Gasteiger charge is 2.27. The molecule has 0 aliphatic rings. The van der Waals surface area contributed by atoms with E-state index in [4.69, 9.17) is 9.05 Å². The number of carbonyl (C=O) groups excluding carboxylic acids is 1. The monoisotopic (exact) mass is 1150 g/mol. The highest BCUT2D eigenvalue weighted by atomic mass is 31.2. The molecule has 3 atom stereocenters. The molecule has 0 aliphatic heterocycles. The molecule has 0 spiro atoms. The SMILES string of the molecule is CC/C=C\C/C=C\C/C=C\C/C=C\C/C=C\C/C=C\C/C=C\C/C=C\C/C=C\C/C=C\C/C=C\C/C=C\CCCCC(=O)NC(COP(=O)(O)OCC[N+](C)(C)C)C(O)/C=C/CC/C=C/CC/C=C/CCCCCCCCCCCCC. The Morgan fingerprint density at radius 1 is 0.427 bits per heavy atom. The fraction of sp³-hybridized carbons (Fsp3) is 0.575. The van der Waals surface area contributed by atoms with E-state index in [0.29, 0.717) is 17.4 Å². The third-order valence-electron chi connectivity index (χ3n) is 13.1. The Hall–Kier alpha value is -4.40. The summed E-state index contributed by atoms with van der Waals surface area (Å²) in [6.45, 7) is 4.62. The maximum atomic E-state index is 13.0. The van der Waals surface area contributed by atoms with E-state index in [2.05, 4.69) is 189 Å². The number of hydrogen-bond donors (Lipinski definition) is 3. The van der Waals surface area contributed by atoms with Crippen LogP contribution in [-0.2, 0) is 18.4 Å². The number of hydrogen-bond acceptors (Lipinski definition) is 5. The van der Waals surface area contributed by atoms with Crippen molar-refractivity contribution in [3.8, 4) is 0 Å². The summed E-state index contributed by atoms with van der Waals surface area (Å²) in [5.41, 5.74) is 0. The number of nitrogens with zero attached hydrogens (tertiary/aromatic N) is 1. The van der Waals surface area contributed by atoms with Gasteiger partial charge in [-0.25, -0.2) is 4.57 Å². The van der Waals surface area contributed by atoms with Crippen LogP contribution in [0.15, 0.2) is 182 Å². The number of likely N-dealkylation sites (N-methyl/N-ethyl adjacent to an activating group) is 1. The summed E-state index contributed by atoms with van der Waals surface area (Å²) in [6.07, 6.45) is 98.8. The van der Waals surface area contributed by atoms with Gasteiger partial charge >= 0.3 is 7.82 Å². The zero-order valence-corrected chi connectivity index (χ0v) is 53.5. The summed E-state index contributed by atoms with van der Waals surface area (Å²) in [5, 5.41) is 13.9. The van der Waals surface area contributed by atoms with Gasteiger partial charge in [0.25, 0.3) is 0 Å². The summed E-state index contributed by atoms with van der Waals surface area (Å²) in [5.74, 6) is -0.241. The Balaban J connectivity index is 4.34. The van der Waals surface area contributed by atoms with Gasteiger partial charge in [0.1, 0.15) is 13.2 Å². The van der Waals surface area contributed by atoms with Crippen molar-refractivity contribution >= 4 is 13.7 Å². The van der Waals surface area contributed by atoms with Gasteiger partial charge in [0.15, 0.2) is 0 Å². The van der Waals surface area contributed by atoms with Crippen molar-refractivity contribution < 1.29 is 32.9 Å². The lowest BCUT2D eigenvalue weighted by Crippen LogP contribution is -2.45. The number of aliphatic hydroxyl groups is 1. The highest BCUT2D eigenvalue weighted by Crippen LogP contribution is 2.43. The van der Waals surface area contributed by atoms with Crippen LogP contribution in [0, 0.1) is 0 Å². The van der Waals surface area contributed by atoms with Gasteiger partial charge < -0.3 is 19.8 Å². The molecule has 0 bridgehead atoms. The third kappa shape index (κ3) is 63.2. The number of rotatable bonds is 56. The average Bonchev–Trinajstić information content (AvgIpc) is 3.46. The first-order chi connectivity index (χ1) is 40.0. The van der Waals surface area contributed by atoms with Crippen LogP contribution >= 0.6 is 7.82 Å². The molecule has 0 aromatic rings. The number of unbranched alkanes of at least 4 members (excludes halogenated alkanes) is 15. The van der Waals surface area contributed by atoms with Gasteiger partial charge in [0.05, 0.1) is 39.9 Å². The fourth-order valence-electron chi connectivity index (χ4n) is 8.11. The first-order valence-electron chi connectivity index (χ1n) is 32.2. The van der Waals surface area contributed by atoms with Gasteiger partial charge in [-0.1, -0.05) is 260 Å². The van der Waals surface area contributed by atoms with Crippen molar-refractivity contribution in [3.63, 3.8) is 0 Å². The van der Waals surface area contributed by atoms with Crippen LogP contribution in [0.25, 0.3) is 0 Å². The Morgan fingerprint density at radius 2 is 0.744 bits per heavy atom. The standard InChI is InChI=1S/C73H119N2O6P/c1-6-8-10-12-14-16-18-20-22-24-26-28-29-30-31-32-33-34-35-36-37-38-39-40-41-42-43-44-45-47-49-51-53-55-57-59-61-63-65-67-73(77)74-71(70-81-82(78,79)80-69-68-75(3,4)5)72(76)66-64-62-60-58-56-54-52-50-48-46-27-25-23-21-19-17-15-13-11-9-7-2/h8,10,14,16,20,22,26,28,30-31,33-34,36-37,39-40,42-43,45,47-48,50-51,53,56-59,64,66,71-72,76H,6-7,9,11-13,15,17-19,21,23-25,27,29,32,35,38,41,44,46,49,52,54-55,60-63,65,67-70H2,1-5H3,(H-,74,77,78,79)/p+1/b10-8-,16-14-,22-20-,28-26-,31-30-,34-33-,37-36-,40-39-,43-42-,47-45-,50-48+,53-51-,58-56+,59-57-,66-64+. The van der Waals surface area contributed by atoms with Crippen LogP contribution in [0.4, 0.5) is 0 Å². The van der Waals surface area contributed by atoms with E-state index in [1.54, 1.807) is 6.08 Å². The predicted molar refractivity (Wildman–Crippen MR) is 359 cm³/mol. The number of nitrogens with one attached hydrogen (secondary N) is 1. The van der Waals surface area contributed by atoms with E-state index >= 15 is 0 Å². The minimum atomic E-state index is -4.39. The van der Waals surface area contributed by atoms with Gasteiger partial charge in [-0.2, -0.15) is 0 Å². The first-order valence-corrected chi connectivity index (χ1v) is 33.7. The summed E-state index contributed by atoms with van der Waals surface area (Å²) in [4.78, 5) is 23.3. The quantitative estimate of drug-likeness (QED) is 0.0243. The molecule has 0 heterocycles. The number of aliphatic hydroxyl groups excluding tert-OH is 1. The molecule has 0 rings (SSSR count). The number of phosphoric acid groups is 1. The van der Waals surface area contributed by atoms with Crippen molar-refractivity contribution in [2.45, 2.75) is 231 Å². The second-order valence-electron chi connectivity index (χ2n) is 22.0. The van der Waals surface area contributed by atoms with Crippen molar-refractivity contribution in [1.29, 1.82) is 0 Å². The van der Waals surface area contributed by atoms with Crippen LogP contribution in [0.2, 0.25) is 0 Å². The second kappa shape index (κ2) is 61.2. The summed E-state index contributed by atoms with van der Waals surface area (Å²) < 4.78 is 23.7. The van der Waals surface area contributed by atoms with E-state index in [1.807, 2.05) is 27.2 Å². The number of allylic oxidation sites excluding steroid dienone is 29. The molecular weight excluding hydrogens is 1030 g/mol. The second-order valence-corrected chi connectivity index (χ2v) is 23.5. The number of carbonyl (C=O) groups is 1. The van der Waals surface area contributed by atoms with E-state index in [9.17, 15) is 19.4 Å². The van der Waals surface area contributed by atoms with Crippen LogP contribution in [0.5, 0.6) is 0 Å². The fourth-order valence-corrected chi connectivity index (χ4v) is 8.85. The normalized spacial score (nSPS) is 15.0. The van der Waals surface area contributed by atoms with Crippen LogP contribution < -0.4 is 5.32 Å². The molecule has 0 aliphatic carbocycles. The van der Waals surface area contributed by atoms with Crippen LogP contribution in [0.3, 0.4) is 0 Å². The van der Waals surface area contributed by atoms with Crippen molar-refractivity contribution in [2.24, 2.45) is 0 Å². The molecule has 0 fully saturated rings. The molecule has 0 aromatic carbocycles. The Labute approximate surface area is 504 Å². The Kier molecular flexibility index (Phi) is 57.9. The maximum Gasteiger partial charge on any atom is 0.472 e. The Morgan fingerprint density at radius 3 is 1.12 bits per heavy atom. The zero-order chi connectivity index (χ0) is 59.8. The zero-order valence-electron chi connectivity index (χ0n) is 52.6. The topological polar surface area (TPSA) is 105 Å². The van der Waals surface area contributed by atoms with Gasteiger partial charge in [0, 0.05) is 6.42 Å². The molecule has 8 nitrogen and oxygen atoms in total. The molecular formula is C73H120N2O6P+. The van der Waals surface area contributed by atoms with Gasteiger partial charge in [-0.3, -0.25) is 13.8 Å². The number of quaternary nitrogens is 1. The van der Waals surface area contributed by atoms with Gasteiger partial charge in [-0.15, -0.1) is 0 Å². The van der Waals surface area contributed by atoms with Crippen molar-refractivity contribution in [2.75, 3.05) is 40.9 Å². The molecule has 0 saturated heterocycles. The van der Waals surface area contributed by atoms with E-state index < -0.39 is 20.0 Å². The lowest BCUT2D eigenvalue weighted by molar-refractivity contribution is -0.870. The summed E-state index contributed by atoms with van der Waals surface area (Å²) >= 11 is 0. The number of phosphoric ester groups is 1. The highest BCUT2D eigenvalue weighted by molar-refractivity contribution is 7.47. The lowest BCUT2D eigenvalue weighted by atomic mass is 10.1. The Bertz CT molecular complexity index is 1990. The summed E-state index contributed by atoms with van der Waals surface area (Å²) in [6, 6.07) is -0.909. The van der Waals surface area contributed by atoms with Crippen molar-refractivity contribution in [1.82, 2.24) is 5.32 Å². The minimum Gasteiger partial charge on any atom is -0.387 e. The molecule has 0 aromatic heterocycles. The van der Waals surface area contributed by atoms with E-state index in [1.165, 1.54) is 77.0 Å². The van der Waals surface area contributed by atoms with E-state index in [-0.39, 0.29) is 25.5 Å². The molecule has 9 heteroatoms. The minimum absolute atomic E-state index is 0.0346. The largest absolute Gasteiger partial charge is 0.472 e. The molecule has 82 heavy (non-hydrogen) atoms. The molecule has 0 radical (unpaired) electrons. The molecule has 3 N–H and O–H groups in total. The van der Waals surface area contributed by atoms with Gasteiger partial charge in [-0.05, 0) is 135 Å². The predicted octanol–water partition coefficient (Wildman–Crippen LogP) is 20.5. The third-order valence-corrected chi connectivity index (χ3v) is 14.1. The van der Waals surface area contributed by atoms with Gasteiger partial charge in [0.2, 0.25) is 5.91 Å². The molecule has 1 amide bonds. The van der Waals surface area contributed by atoms with Crippen LogP contribution in [0.1, 0.15) is 219 Å². The lowest BCUT2D eigenvalue weighted by Gasteiger charge is -2.25. The molecule has 0 saturated carbocycles. The van der Waals surface area contributed by atoms with Crippen molar-refractivity contribution in [3.05, 3.63) is 182 Å². The smallest absolute Gasteiger partial charge is 0.387 e. The molecule has 3 unspecified atom stereocenters. The maximum absolute atomic E-state index is 13.0. The van der Waals surface area contributed by atoms with Crippen LogP contribution in [-0.4, -0.2) is 73.4 Å². The molecule has 462 valence electrons. The van der Waals surface area contributed by atoms with E-state index in [0.717, 1.165) is 116 Å². The number of amides is 1. The average molecular weight is 1150 g/mol.